The van der Waals surface area contributed by atoms with E-state index in [0.717, 1.165) is 11.1 Å². The van der Waals surface area contributed by atoms with Crippen LogP contribution in [0.2, 0.25) is 0 Å². The van der Waals surface area contributed by atoms with Crippen molar-refractivity contribution in [2.45, 2.75) is 39.4 Å². The zero-order valence-electron chi connectivity index (χ0n) is 19.7. The van der Waals surface area contributed by atoms with Gasteiger partial charge in [-0.3, -0.25) is 19.2 Å². The van der Waals surface area contributed by atoms with Crippen molar-refractivity contribution in [2.75, 3.05) is 4.90 Å². The van der Waals surface area contributed by atoms with Gasteiger partial charge in [0.05, 0.1) is 12.8 Å². The molecule has 2 aromatic heterocycles. The average molecular weight is 473 g/mol. The molecule has 2 amide bonds. The fraction of sp³-hybridized carbons (Fsp3) is 0.222. The first-order valence-electron chi connectivity index (χ1n) is 11.3. The molecule has 0 unspecified atom stereocenters. The average Bonchev–Trinajstić information content (AvgIpc) is 3.49. The zero-order valence-corrected chi connectivity index (χ0v) is 19.7. The third-order valence-corrected chi connectivity index (χ3v) is 6.35. The van der Waals surface area contributed by atoms with Crippen molar-refractivity contribution >= 4 is 17.5 Å². The normalized spacial score (nSPS) is 17.4. The molecular weight excluding hydrogens is 447 g/mol. The van der Waals surface area contributed by atoms with E-state index in [2.05, 4.69) is 10.4 Å². The minimum Gasteiger partial charge on any atom is -0.463 e. The predicted octanol–water partition coefficient (Wildman–Crippen LogP) is 4.63. The molecule has 0 fully saturated rings. The molecule has 35 heavy (non-hydrogen) atoms. The van der Waals surface area contributed by atoms with E-state index in [0.29, 0.717) is 28.4 Å². The summed E-state index contributed by atoms with van der Waals surface area (Å²) in [5.74, 6) is -0.540. The number of hydrogen-bond donors (Lipinski definition) is 1. The Hall–Kier alpha value is -4.20. The Labute approximate surface area is 202 Å². The molecule has 2 aromatic carbocycles. The second-order valence-electron chi connectivity index (χ2n) is 9.07. The number of aromatic nitrogens is 2. The molecule has 0 saturated heterocycles. The molecule has 5 rings (SSSR count). The van der Waals surface area contributed by atoms with Gasteiger partial charge in [0.25, 0.3) is 5.91 Å². The van der Waals surface area contributed by atoms with Crippen LogP contribution in [0.25, 0.3) is 11.5 Å². The minimum absolute atomic E-state index is 0.130. The number of halogens is 1. The van der Waals surface area contributed by atoms with Gasteiger partial charge in [0, 0.05) is 18.3 Å². The molecule has 178 valence electrons. The third kappa shape index (κ3) is 4.01. The first-order chi connectivity index (χ1) is 16.8. The molecule has 1 aliphatic heterocycles. The number of rotatable bonds is 5. The Kier molecular flexibility index (Phi) is 5.51. The van der Waals surface area contributed by atoms with E-state index in [1.165, 1.54) is 12.1 Å². The van der Waals surface area contributed by atoms with Crippen LogP contribution in [-0.4, -0.2) is 27.1 Å². The van der Waals surface area contributed by atoms with E-state index in [4.69, 9.17) is 4.42 Å². The van der Waals surface area contributed by atoms with E-state index in [9.17, 15) is 14.0 Å². The highest BCUT2D eigenvalue weighted by Crippen LogP contribution is 2.36. The molecule has 0 saturated carbocycles. The van der Waals surface area contributed by atoms with Gasteiger partial charge in [-0.15, -0.1) is 0 Å². The number of amides is 2. The quantitative estimate of drug-likeness (QED) is 0.459. The van der Waals surface area contributed by atoms with Crippen LogP contribution >= 0.6 is 0 Å². The minimum atomic E-state index is -1.29. The number of carbonyl (C=O) groups excluding carboxylic acids is 2. The maximum absolute atomic E-state index is 13.9. The molecule has 3 heterocycles. The van der Waals surface area contributed by atoms with Crippen LogP contribution in [0.15, 0.2) is 71.3 Å². The topological polar surface area (TPSA) is 80.4 Å². The number of carbonyl (C=O) groups is 2. The monoisotopic (exact) mass is 472 g/mol. The Morgan fingerprint density at radius 2 is 1.97 bits per heavy atom. The summed E-state index contributed by atoms with van der Waals surface area (Å²) in [5.41, 5.74) is 2.80. The molecule has 1 atom stereocenters. The van der Waals surface area contributed by atoms with Crippen molar-refractivity contribution < 1.29 is 18.4 Å². The van der Waals surface area contributed by atoms with Crippen LogP contribution in [0.5, 0.6) is 0 Å². The number of nitrogens with one attached hydrogen (secondary N) is 1. The molecule has 8 heteroatoms. The lowest BCUT2D eigenvalue weighted by atomic mass is 9.92. The Morgan fingerprint density at radius 3 is 2.69 bits per heavy atom. The second-order valence-corrected chi connectivity index (χ2v) is 9.07. The van der Waals surface area contributed by atoms with Crippen LogP contribution in [0.1, 0.15) is 34.1 Å². The summed E-state index contributed by atoms with van der Waals surface area (Å²) in [6.45, 7) is 5.88. The van der Waals surface area contributed by atoms with Gasteiger partial charge in [-0.25, -0.2) is 4.39 Å². The number of aryl methyl sites for hydroxylation is 2. The van der Waals surface area contributed by atoms with Crippen LogP contribution in [0.3, 0.4) is 0 Å². The Balaban J connectivity index is 1.56. The summed E-state index contributed by atoms with van der Waals surface area (Å²) in [7, 11) is 0. The molecule has 0 bridgehead atoms. The van der Waals surface area contributed by atoms with Crippen molar-refractivity contribution in [1.29, 1.82) is 0 Å². The number of anilines is 1. The number of nitrogens with zero attached hydrogens (tertiary/aromatic N) is 3. The highest BCUT2D eigenvalue weighted by Gasteiger charge is 2.49. The third-order valence-electron chi connectivity index (χ3n) is 6.35. The lowest BCUT2D eigenvalue weighted by Gasteiger charge is -2.43. The Morgan fingerprint density at radius 1 is 1.14 bits per heavy atom. The largest absolute Gasteiger partial charge is 0.463 e. The van der Waals surface area contributed by atoms with Crippen LogP contribution < -0.4 is 10.2 Å². The van der Waals surface area contributed by atoms with Gasteiger partial charge in [0.15, 0.2) is 5.76 Å². The molecule has 4 aromatic rings. The molecule has 0 aliphatic carbocycles. The fourth-order valence-corrected chi connectivity index (χ4v) is 4.58. The number of benzene rings is 2. The number of furan rings is 1. The van der Waals surface area contributed by atoms with Crippen molar-refractivity contribution in [1.82, 2.24) is 15.1 Å². The van der Waals surface area contributed by atoms with Gasteiger partial charge in [-0.1, -0.05) is 29.8 Å². The molecule has 0 radical (unpaired) electrons. The van der Waals surface area contributed by atoms with E-state index in [-0.39, 0.29) is 30.7 Å². The maximum Gasteiger partial charge on any atom is 0.277 e. The SMILES string of the molecule is Cc1ccc(N2C(=O)c3cc(-c4ccco4)nn3C[C@]2(C)C(=O)NCc2cccc(F)c2)c(C)c1. The highest BCUT2D eigenvalue weighted by atomic mass is 19.1. The van der Waals surface area contributed by atoms with Crippen LogP contribution in [0.4, 0.5) is 10.1 Å². The standard InChI is InChI=1S/C27H25FN4O3/c1-17-9-10-22(18(2)12-17)32-25(33)23-14-21(24-8-5-11-35-24)30-31(23)16-27(32,3)26(34)29-15-19-6-4-7-20(28)13-19/h4-14H,15-16H2,1-3H3,(H,29,34)/t27-/m1/s1. The lowest BCUT2D eigenvalue weighted by Crippen LogP contribution is -2.64. The summed E-state index contributed by atoms with van der Waals surface area (Å²) in [5, 5.41) is 7.46. The zero-order chi connectivity index (χ0) is 24.7. The molecule has 1 aliphatic rings. The van der Waals surface area contributed by atoms with Gasteiger partial charge in [-0.2, -0.15) is 5.10 Å². The second kappa shape index (κ2) is 8.54. The smallest absolute Gasteiger partial charge is 0.277 e. The van der Waals surface area contributed by atoms with Gasteiger partial charge in [0.1, 0.15) is 22.7 Å². The molecule has 0 spiro atoms. The van der Waals surface area contributed by atoms with Crippen LogP contribution in [-0.2, 0) is 17.9 Å². The van der Waals surface area contributed by atoms with E-state index in [1.807, 2.05) is 32.0 Å². The van der Waals surface area contributed by atoms with Crippen molar-refractivity contribution in [3.05, 3.63) is 95.1 Å². The van der Waals surface area contributed by atoms with Crippen LogP contribution in [0, 0.1) is 19.7 Å². The first-order valence-corrected chi connectivity index (χ1v) is 11.3. The van der Waals surface area contributed by atoms with E-state index in [1.54, 1.807) is 53.1 Å². The number of fused-ring (bicyclic) bond motifs is 1. The molecule has 7 nitrogen and oxygen atoms in total. The van der Waals surface area contributed by atoms with Gasteiger partial charge >= 0.3 is 0 Å². The highest BCUT2D eigenvalue weighted by molar-refractivity contribution is 6.12. The summed E-state index contributed by atoms with van der Waals surface area (Å²) >= 11 is 0. The molecule has 1 N–H and O–H groups in total. The lowest BCUT2D eigenvalue weighted by molar-refractivity contribution is -0.126. The van der Waals surface area contributed by atoms with E-state index >= 15 is 0 Å². The summed E-state index contributed by atoms with van der Waals surface area (Å²) < 4.78 is 20.7. The van der Waals surface area contributed by atoms with Crippen molar-refractivity contribution in [2.24, 2.45) is 0 Å². The van der Waals surface area contributed by atoms with E-state index < -0.39 is 5.54 Å². The predicted molar refractivity (Wildman–Crippen MR) is 129 cm³/mol. The maximum atomic E-state index is 13.9. The summed E-state index contributed by atoms with van der Waals surface area (Å²) in [4.78, 5) is 29.1. The van der Waals surface area contributed by atoms with Crippen molar-refractivity contribution in [3.8, 4) is 11.5 Å². The fourth-order valence-electron chi connectivity index (χ4n) is 4.58. The first kappa shape index (κ1) is 22.6. The summed E-state index contributed by atoms with van der Waals surface area (Å²) in [6, 6.07) is 17.0. The van der Waals surface area contributed by atoms with Gasteiger partial charge in [-0.05, 0) is 62.2 Å². The summed E-state index contributed by atoms with van der Waals surface area (Å²) in [6.07, 6.45) is 1.54. The van der Waals surface area contributed by atoms with Gasteiger partial charge in [0.2, 0.25) is 5.91 Å². The van der Waals surface area contributed by atoms with Crippen molar-refractivity contribution in [3.63, 3.8) is 0 Å². The Bertz CT molecular complexity index is 1430. The molecular formula is C27H25FN4O3. The van der Waals surface area contributed by atoms with Gasteiger partial charge < -0.3 is 9.73 Å². The number of hydrogen-bond acceptors (Lipinski definition) is 4.